The van der Waals surface area contributed by atoms with Gasteiger partial charge in [-0.1, -0.05) is 6.92 Å². The highest BCUT2D eigenvalue weighted by Crippen LogP contribution is 2.18. The molecule has 0 saturated heterocycles. The van der Waals surface area contributed by atoms with Gasteiger partial charge in [-0.3, -0.25) is 5.43 Å². The first-order valence-electron chi connectivity index (χ1n) is 3.40. The molecule has 0 aliphatic rings. The first-order valence-corrected chi connectivity index (χ1v) is 4.38. The van der Waals surface area contributed by atoms with Gasteiger partial charge in [0.25, 0.3) is 0 Å². The molecule has 0 atom stereocenters. The van der Waals surface area contributed by atoms with Gasteiger partial charge in [-0.05, 0) is 5.75 Å². The molecule has 0 spiro atoms. The molecule has 0 bridgehead atoms. The van der Waals surface area contributed by atoms with E-state index >= 15 is 0 Å². The molecule has 0 aliphatic heterocycles. The van der Waals surface area contributed by atoms with Crippen LogP contribution in [0.3, 0.4) is 0 Å². The molecule has 0 radical (unpaired) electrons. The minimum absolute atomic E-state index is 0.229. The highest BCUT2D eigenvalue weighted by molar-refractivity contribution is 7.99. The van der Waals surface area contributed by atoms with Crippen LogP contribution in [-0.4, -0.2) is 15.7 Å². The average molecular weight is 188 g/mol. The van der Waals surface area contributed by atoms with Crippen molar-refractivity contribution in [3.8, 4) is 0 Å². The molecule has 1 rings (SSSR count). The van der Waals surface area contributed by atoms with Gasteiger partial charge >= 0.3 is 0 Å². The second kappa shape index (κ2) is 4.22. The average Bonchev–Trinajstić information content (AvgIpc) is 2.09. The number of hydrogen-bond acceptors (Lipinski definition) is 5. The number of anilines is 1. The molecule has 1 aromatic heterocycles. The van der Waals surface area contributed by atoms with E-state index in [0.29, 0.717) is 5.03 Å². The van der Waals surface area contributed by atoms with E-state index in [-0.39, 0.29) is 5.95 Å². The zero-order valence-corrected chi connectivity index (χ0v) is 7.36. The third-order valence-corrected chi connectivity index (χ3v) is 1.97. The number of rotatable bonds is 3. The van der Waals surface area contributed by atoms with Gasteiger partial charge in [-0.25, -0.2) is 20.2 Å². The Labute approximate surface area is 73.7 Å². The van der Waals surface area contributed by atoms with Crippen LogP contribution in [0.2, 0.25) is 0 Å². The minimum Gasteiger partial charge on any atom is -0.292 e. The summed E-state index contributed by atoms with van der Waals surface area (Å²) in [6.07, 6.45) is 1.10. The fraction of sp³-hybridized carbons (Fsp3) is 0.333. The second-order valence-electron chi connectivity index (χ2n) is 1.92. The van der Waals surface area contributed by atoms with Crippen LogP contribution in [0.1, 0.15) is 6.92 Å². The predicted octanol–water partition coefficient (Wildman–Crippen LogP) is 1.01. The number of hydrazine groups is 1. The van der Waals surface area contributed by atoms with Crippen LogP contribution in [0.25, 0.3) is 0 Å². The van der Waals surface area contributed by atoms with Crippen LogP contribution in [0, 0.1) is 5.82 Å². The molecule has 0 aromatic carbocycles. The van der Waals surface area contributed by atoms with Crippen molar-refractivity contribution in [1.29, 1.82) is 0 Å². The Kier molecular flexibility index (Phi) is 3.24. The Morgan fingerprint density at radius 2 is 2.50 bits per heavy atom. The third-order valence-electron chi connectivity index (χ3n) is 1.12. The van der Waals surface area contributed by atoms with Crippen LogP contribution in [-0.2, 0) is 0 Å². The van der Waals surface area contributed by atoms with Crippen molar-refractivity contribution >= 4 is 17.7 Å². The molecule has 0 aliphatic carbocycles. The van der Waals surface area contributed by atoms with Gasteiger partial charge in [-0.15, -0.1) is 11.8 Å². The molecule has 6 heteroatoms. The summed E-state index contributed by atoms with van der Waals surface area (Å²) in [7, 11) is 0. The van der Waals surface area contributed by atoms with Crippen LogP contribution >= 0.6 is 11.8 Å². The summed E-state index contributed by atoms with van der Waals surface area (Å²) in [6.45, 7) is 1.92. The van der Waals surface area contributed by atoms with E-state index in [2.05, 4.69) is 15.4 Å². The summed E-state index contributed by atoms with van der Waals surface area (Å²) in [5.41, 5.74) is 2.25. The largest absolute Gasteiger partial charge is 0.292 e. The van der Waals surface area contributed by atoms with Crippen LogP contribution in [0.4, 0.5) is 10.3 Å². The topological polar surface area (TPSA) is 63.8 Å². The quantitative estimate of drug-likeness (QED) is 0.321. The Hall–Kier alpha value is -0.880. The van der Waals surface area contributed by atoms with Gasteiger partial charge < -0.3 is 0 Å². The lowest BCUT2D eigenvalue weighted by molar-refractivity contribution is 0.580. The minimum atomic E-state index is -0.416. The Bertz CT molecular complexity index is 268. The predicted molar refractivity (Wildman–Crippen MR) is 46.2 cm³/mol. The molecule has 0 amide bonds. The van der Waals surface area contributed by atoms with Gasteiger partial charge in [-0.2, -0.15) is 0 Å². The molecule has 1 aromatic rings. The molecule has 0 saturated carbocycles. The number of nitrogens with zero attached hydrogens (tertiary/aromatic N) is 2. The van der Waals surface area contributed by atoms with Gasteiger partial charge in [0, 0.05) is 0 Å². The fourth-order valence-corrected chi connectivity index (χ4v) is 1.27. The van der Waals surface area contributed by atoms with Crippen molar-refractivity contribution in [1.82, 2.24) is 9.97 Å². The van der Waals surface area contributed by atoms with E-state index in [9.17, 15) is 4.39 Å². The lowest BCUT2D eigenvalue weighted by Gasteiger charge is -2.01. The zero-order chi connectivity index (χ0) is 8.97. The van der Waals surface area contributed by atoms with Crippen molar-refractivity contribution in [2.75, 3.05) is 11.2 Å². The lowest BCUT2D eigenvalue weighted by Crippen LogP contribution is -2.11. The first-order chi connectivity index (χ1) is 5.77. The summed E-state index contributed by atoms with van der Waals surface area (Å²) in [5, 5.41) is 0.320. The SMILES string of the molecule is CCSc1nc(NN)ncc1F. The van der Waals surface area contributed by atoms with E-state index in [0.717, 1.165) is 11.9 Å². The molecule has 0 fully saturated rings. The molecule has 66 valence electrons. The first kappa shape index (κ1) is 9.21. The van der Waals surface area contributed by atoms with Crippen LogP contribution < -0.4 is 11.3 Å². The van der Waals surface area contributed by atoms with Crippen molar-refractivity contribution in [2.24, 2.45) is 5.84 Å². The lowest BCUT2D eigenvalue weighted by atomic mass is 10.6. The van der Waals surface area contributed by atoms with Gasteiger partial charge in [0.2, 0.25) is 5.95 Å². The number of aromatic nitrogens is 2. The van der Waals surface area contributed by atoms with Crippen molar-refractivity contribution in [3.05, 3.63) is 12.0 Å². The maximum Gasteiger partial charge on any atom is 0.238 e. The smallest absolute Gasteiger partial charge is 0.238 e. The Morgan fingerprint density at radius 3 is 3.08 bits per heavy atom. The molecular formula is C6H9FN4S. The Balaban J connectivity index is 2.91. The van der Waals surface area contributed by atoms with Gasteiger partial charge in [0.15, 0.2) is 5.82 Å². The summed E-state index contributed by atoms with van der Waals surface area (Å²) >= 11 is 1.31. The fourth-order valence-electron chi connectivity index (χ4n) is 0.659. The molecule has 0 unspecified atom stereocenters. The highest BCUT2D eigenvalue weighted by atomic mass is 32.2. The van der Waals surface area contributed by atoms with Crippen molar-refractivity contribution in [3.63, 3.8) is 0 Å². The van der Waals surface area contributed by atoms with E-state index in [1.54, 1.807) is 0 Å². The van der Waals surface area contributed by atoms with Crippen molar-refractivity contribution in [2.45, 2.75) is 11.9 Å². The van der Waals surface area contributed by atoms with E-state index in [4.69, 9.17) is 5.84 Å². The Morgan fingerprint density at radius 1 is 1.75 bits per heavy atom. The normalized spacial score (nSPS) is 9.92. The standard InChI is InChI=1S/C6H9FN4S/c1-2-12-5-4(7)3-9-6(10-5)11-8/h3H,2,8H2,1H3,(H,9,10,11). The van der Waals surface area contributed by atoms with E-state index in [1.165, 1.54) is 11.8 Å². The van der Waals surface area contributed by atoms with Crippen molar-refractivity contribution < 1.29 is 4.39 Å². The van der Waals surface area contributed by atoms with Crippen LogP contribution in [0.15, 0.2) is 11.2 Å². The molecule has 12 heavy (non-hydrogen) atoms. The van der Waals surface area contributed by atoms with Gasteiger partial charge in [0.1, 0.15) is 5.03 Å². The van der Waals surface area contributed by atoms with E-state index < -0.39 is 5.82 Å². The summed E-state index contributed by atoms with van der Waals surface area (Å²) in [5.74, 6) is 5.63. The molecular weight excluding hydrogens is 179 g/mol. The van der Waals surface area contributed by atoms with E-state index in [1.807, 2.05) is 6.92 Å². The summed E-state index contributed by atoms with van der Waals surface area (Å²) in [6, 6.07) is 0. The zero-order valence-electron chi connectivity index (χ0n) is 6.54. The number of nitrogens with two attached hydrogens (primary N) is 1. The number of thioether (sulfide) groups is 1. The third kappa shape index (κ3) is 2.05. The highest BCUT2D eigenvalue weighted by Gasteiger charge is 2.04. The molecule has 3 N–H and O–H groups in total. The second-order valence-corrected chi connectivity index (χ2v) is 3.18. The molecule has 1 heterocycles. The maximum atomic E-state index is 12.9. The molecule has 4 nitrogen and oxygen atoms in total. The van der Waals surface area contributed by atoms with Gasteiger partial charge in [0.05, 0.1) is 6.20 Å². The number of halogens is 1. The summed E-state index contributed by atoms with van der Waals surface area (Å²) < 4.78 is 12.9. The maximum absolute atomic E-state index is 12.9. The summed E-state index contributed by atoms with van der Waals surface area (Å²) in [4.78, 5) is 7.43. The number of nitrogens with one attached hydrogen (secondary N) is 1. The monoisotopic (exact) mass is 188 g/mol. The number of hydrogen-bond donors (Lipinski definition) is 2. The van der Waals surface area contributed by atoms with Crippen LogP contribution in [0.5, 0.6) is 0 Å². The number of nitrogen functional groups attached to an aromatic ring is 1.